The van der Waals surface area contributed by atoms with Crippen molar-refractivity contribution in [1.82, 2.24) is 10.3 Å². The Morgan fingerprint density at radius 3 is 2.67 bits per heavy atom. The van der Waals surface area contributed by atoms with Crippen LogP contribution in [0.4, 0.5) is 5.69 Å². The first-order valence-electron chi connectivity index (χ1n) is 11.1. The molecule has 3 aromatic rings. The maximum atomic E-state index is 12.7. The van der Waals surface area contributed by atoms with Crippen LogP contribution >= 0.6 is 23.1 Å². The number of nitrogens with zero attached hydrogens (tertiary/aromatic N) is 1. The van der Waals surface area contributed by atoms with Crippen LogP contribution in [0.15, 0.2) is 46.8 Å². The number of ether oxygens (including phenoxy) is 1. The maximum absolute atomic E-state index is 12.7. The lowest BCUT2D eigenvalue weighted by molar-refractivity contribution is -0.119. The highest BCUT2D eigenvalue weighted by molar-refractivity contribution is 8.01. The molecule has 1 aliphatic heterocycles. The zero-order chi connectivity index (χ0) is 23.4. The number of nitrogens with one attached hydrogen (secondary N) is 2. The van der Waals surface area contributed by atoms with E-state index in [9.17, 15) is 9.59 Å². The number of hydrogen-bond donors (Lipinski definition) is 2. The van der Waals surface area contributed by atoms with Crippen molar-refractivity contribution < 1.29 is 14.3 Å². The molecule has 0 aliphatic carbocycles. The zero-order valence-corrected chi connectivity index (χ0v) is 20.8. The molecule has 2 heterocycles. The quantitative estimate of drug-likeness (QED) is 0.450. The normalized spacial score (nSPS) is 16.2. The van der Waals surface area contributed by atoms with Crippen LogP contribution in [0.5, 0.6) is 0 Å². The number of anilines is 1. The van der Waals surface area contributed by atoms with E-state index in [-0.39, 0.29) is 23.3 Å². The smallest absolute Gasteiger partial charge is 0.255 e. The van der Waals surface area contributed by atoms with Gasteiger partial charge in [-0.15, -0.1) is 11.3 Å². The first-order valence-corrected chi connectivity index (χ1v) is 12.9. The van der Waals surface area contributed by atoms with E-state index < -0.39 is 0 Å². The van der Waals surface area contributed by atoms with Crippen LogP contribution in [0.3, 0.4) is 0 Å². The SMILES string of the molecule is CC(C)(C)c1ccc(C(=O)Nc2ccc3nc(SCC(=O)NC[C@@H]4CCCO4)sc3c2)cc1. The number of rotatable bonds is 7. The maximum Gasteiger partial charge on any atom is 0.255 e. The lowest BCUT2D eigenvalue weighted by atomic mass is 9.87. The molecule has 33 heavy (non-hydrogen) atoms. The van der Waals surface area contributed by atoms with E-state index in [4.69, 9.17) is 4.74 Å². The number of benzene rings is 2. The number of aromatic nitrogens is 1. The van der Waals surface area contributed by atoms with Gasteiger partial charge in [-0.3, -0.25) is 9.59 Å². The van der Waals surface area contributed by atoms with Gasteiger partial charge in [0.15, 0.2) is 4.34 Å². The van der Waals surface area contributed by atoms with Crippen LogP contribution in [0.25, 0.3) is 10.2 Å². The summed E-state index contributed by atoms with van der Waals surface area (Å²) in [5, 5.41) is 5.90. The van der Waals surface area contributed by atoms with E-state index >= 15 is 0 Å². The fourth-order valence-corrected chi connectivity index (χ4v) is 5.52. The molecule has 2 amide bonds. The Bertz CT molecular complexity index is 1130. The van der Waals surface area contributed by atoms with Crippen molar-refractivity contribution in [1.29, 1.82) is 0 Å². The minimum Gasteiger partial charge on any atom is -0.376 e. The molecular weight excluding hydrogens is 454 g/mol. The van der Waals surface area contributed by atoms with Crippen molar-refractivity contribution in [2.45, 2.75) is 49.5 Å². The van der Waals surface area contributed by atoms with Gasteiger partial charge in [0.05, 0.1) is 22.1 Å². The minimum atomic E-state index is -0.142. The minimum absolute atomic E-state index is 0.0137. The molecule has 6 nitrogen and oxygen atoms in total. The average molecular weight is 484 g/mol. The molecule has 0 bridgehead atoms. The largest absolute Gasteiger partial charge is 0.376 e. The van der Waals surface area contributed by atoms with Gasteiger partial charge in [-0.2, -0.15) is 0 Å². The third-order valence-electron chi connectivity index (χ3n) is 5.52. The molecule has 0 saturated carbocycles. The molecule has 0 spiro atoms. The van der Waals surface area contributed by atoms with Gasteiger partial charge in [-0.05, 0) is 54.2 Å². The number of carbonyl (C=O) groups excluding carboxylic acids is 2. The first-order chi connectivity index (χ1) is 15.8. The Morgan fingerprint density at radius 2 is 1.97 bits per heavy atom. The third-order valence-corrected chi connectivity index (χ3v) is 7.68. The predicted molar refractivity (Wildman–Crippen MR) is 135 cm³/mol. The Morgan fingerprint density at radius 1 is 1.18 bits per heavy atom. The summed E-state index contributed by atoms with van der Waals surface area (Å²) in [5.74, 6) is 0.165. The molecule has 4 rings (SSSR count). The standard InChI is InChI=1S/C25H29N3O3S2/c1-25(2,3)17-8-6-16(7-9-17)23(30)27-18-10-11-20-21(13-18)33-24(28-20)32-15-22(29)26-14-19-5-4-12-31-19/h6-11,13,19H,4-5,12,14-15H2,1-3H3,(H,26,29)(H,27,30)/t19-/m0/s1. The Kier molecular flexibility index (Phi) is 7.36. The second-order valence-corrected chi connectivity index (χ2v) is 11.4. The Labute approximate surface area is 202 Å². The number of thiazole rings is 1. The molecule has 174 valence electrons. The molecule has 1 fully saturated rings. The van der Waals surface area contributed by atoms with Crippen LogP contribution in [0.1, 0.15) is 49.5 Å². The molecule has 1 atom stereocenters. The second kappa shape index (κ2) is 10.2. The fraction of sp³-hybridized carbons (Fsp3) is 0.400. The summed E-state index contributed by atoms with van der Waals surface area (Å²) >= 11 is 2.94. The van der Waals surface area contributed by atoms with E-state index in [1.165, 1.54) is 28.7 Å². The lowest BCUT2D eigenvalue weighted by Crippen LogP contribution is -2.32. The number of amides is 2. The molecule has 1 aromatic heterocycles. The summed E-state index contributed by atoms with van der Waals surface area (Å²) in [6.07, 6.45) is 2.21. The number of carbonyl (C=O) groups is 2. The summed E-state index contributed by atoms with van der Waals surface area (Å²) < 4.78 is 7.33. The van der Waals surface area contributed by atoms with Gasteiger partial charge in [-0.25, -0.2) is 4.98 Å². The summed E-state index contributed by atoms with van der Waals surface area (Å²) in [6.45, 7) is 7.80. The first kappa shape index (κ1) is 23.7. The molecule has 2 aromatic carbocycles. The van der Waals surface area contributed by atoms with Crippen molar-refractivity contribution in [3.8, 4) is 0 Å². The van der Waals surface area contributed by atoms with E-state index in [0.717, 1.165) is 39.7 Å². The summed E-state index contributed by atoms with van der Waals surface area (Å²) in [7, 11) is 0. The van der Waals surface area contributed by atoms with Crippen LogP contribution in [0.2, 0.25) is 0 Å². The van der Waals surface area contributed by atoms with Crippen LogP contribution in [-0.4, -0.2) is 41.8 Å². The summed E-state index contributed by atoms with van der Waals surface area (Å²) in [6, 6.07) is 13.4. The zero-order valence-electron chi connectivity index (χ0n) is 19.1. The Hall–Kier alpha value is -2.42. The van der Waals surface area contributed by atoms with Gasteiger partial charge in [0.25, 0.3) is 5.91 Å². The van der Waals surface area contributed by atoms with Gasteiger partial charge >= 0.3 is 0 Å². The highest BCUT2D eigenvalue weighted by Gasteiger charge is 2.17. The van der Waals surface area contributed by atoms with Crippen LogP contribution < -0.4 is 10.6 Å². The molecule has 0 unspecified atom stereocenters. The average Bonchev–Trinajstić information content (AvgIpc) is 3.45. The highest BCUT2D eigenvalue weighted by atomic mass is 32.2. The van der Waals surface area contributed by atoms with Crippen molar-refractivity contribution in [3.05, 3.63) is 53.6 Å². The molecule has 1 aliphatic rings. The van der Waals surface area contributed by atoms with E-state index in [0.29, 0.717) is 17.9 Å². The fourth-order valence-electron chi connectivity index (χ4n) is 3.58. The van der Waals surface area contributed by atoms with Crippen molar-refractivity contribution >= 4 is 50.8 Å². The molecule has 1 saturated heterocycles. The highest BCUT2D eigenvalue weighted by Crippen LogP contribution is 2.31. The van der Waals surface area contributed by atoms with Gasteiger partial charge in [0.2, 0.25) is 5.91 Å². The van der Waals surface area contributed by atoms with Crippen molar-refractivity contribution in [3.63, 3.8) is 0 Å². The summed E-state index contributed by atoms with van der Waals surface area (Å²) in [5.41, 5.74) is 3.44. The van der Waals surface area contributed by atoms with Crippen molar-refractivity contribution in [2.75, 3.05) is 24.2 Å². The number of thioether (sulfide) groups is 1. The second-order valence-electron chi connectivity index (χ2n) is 9.17. The summed E-state index contributed by atoms with van der Waals surface area (Å²) in [4.78, 5) is 29.4. The predicted octanol–water partition coefficient (Wildman–Crippen LogP) is 5.23. The van der Waals surface area contributed by atoms with Gasteiger partial charge in [-0.1, -0.05) is 44.7 Å². The van der Waals surface area contributed by atoms with Gasteiger partial charge in [0.1, 0.15) is 0 Å². The third kappa shape index (κ3) is 6.34. The molecule has 8 heteroatoms. The van der Waals surface area contributed by atoms with Gasteiger partial charge in [0, 0.05) is 24.4 Å². The van der Waals surface area contributed by atoms with Gasteiger partial charge < -0.3 is 15.4 Å². The van der Waals surface area contributed by atoms with Crippen LogP contribution in [0, 0.1) is 0 Å². The van der Waals surface area contributed by atoms with Crippen molar-refractivity contribution in [2.24, 2.45) is 0 Å². The number of hydrogen-bond acceptors (Lipinski definition) is 6. The molecule has 0 radical (unpaired) electrons. The van der Waals surface area contributed by atoms with E-state index in [2.05, 4.69) is 36.4 Å². The van der Waals surface area contributed by atoms with Crippen LogP contribution in [-0.2, 0) is 14.9 Å². The number of fused-ring (bicyclic) bond motifs is 1. The van der Waals surface area contributed by atoms with E-state index in [1.54, 1.807) is 0 Å². The monoisotopic (exact) mass is 483 g/mol. The molecular formula is C25H29N3O3S2. The van der Waals surface area contributed by atoms with E-state index in [1.807, 2.05) is 42.5 Å². The topological polar surface area (TPSA) is 80.3 Å². The lowest BCUT2D eigenvalue weighted by Gasteiger charge is -2.19. The molecule has 2 N–H and O–H groups in total. The Balaban J connectivity index is 1.33.